The Morgan fingerprint density at radius 2 is 2.18 bits per heavy atom. The van der Waals surface area contributed by atoms with Crippen LogP contribution in [0.25, 0.3) is 0 Å². The lowest BCUT2D eigenvalue weighted by Gasteiger charge is -2.14. The zero-order valence-corrected chi connectivity index (χ0v) is 12.4. The van der Waals surface area contributed by atoms with E-state index < -0.39 is 5.92 Å². The molecule has 0 radical (unpaired) electrons. The van der Waals surface area contributed by atoms with Gasteiger partial charge in [0.15, 0.2) is 0 Å². The van der Waals surface area contributed by atoms with E-state index in [2.05, 4.69) is 27.9 Å². The summed E-state index contributed by atoms with van der Waals surface area (Å²) in [6.07, 6.45) is 0. The molecule has 0 saturated carbocycles. The van der Waals surface area contributed by atoms with Gasteiger partial charge in [-0.1, -0.05) is 25.4 Å². The van der Waals surface area contributed by atoms with E-state index in [-0.39, 0.29) is 11.8 Å². The van der Waals surface area contributed by atoms with Gasteiger partial charge in [0.1, 0.15) is 5.92 Å². The Labute approximate surface area is 119 Å². The highest BCUT2D eigenvalue weighted by Crippen LogP contribution is 2.23. The van der Waals surface area contributed by atoms with Gasteiger partial charge in [0.2, 0.25) is 5.91 Å². The maximum atomic E-state index is 11.9. The van der Waals surface area contributed by atoms with E-state index >= 15 is 0 Å². The van der Waals surface area contributed by atoms with Gasteiger partial charge in [-0.25, -0.2) is 0 Å². The predicted octanol–water partition coefficient (Wildman–Crippen LogP) is 3.68. The molecule has 1 unspecified atom stereocenters. The molecule has 1 atom stereocenters. The van der Waals surface area contributed by atoms with Gasteiger partial charge < -0.3 is 5.32 Å². The molecule has 0 aliphatic heterocycles. The summed E-state index contributed by atoms with van der Waals surface area (Å²) >= 11 is 7.91. The fourth-order valence-corrected chi connectivity index (χ4v) is 2.32. The normalized spacial score (nSPS) is 12.0. The van der Waals surface area contributed by atoms with E-state index in [1.807, 2.05) is 19.9 Å². The number of hydrogen-bond acceptors (Lipinski definition) is 2. The molecule has 17 heavy (non-hydrogen) atoms. The summed E-state index contributed by atoms with van der Waals surface area (Å²) in [5.74, 6) is -0.922. The number of nitrogens with one attached hydrogen (secondary N) is 1. The Morgan fingerprint density at radius 3 is 2.65 bits per heavy atom. The van der Waals surface area contributed by atoms with Crippen LogP contribution in [0.2, 0.25) is 5.02 Å². The molecule has 1 aromatic carbocycles. The van der Waals surface area contributed by atoms with Crippen molar-refractivity contribution in [3.05, 3.63) is 26.8 Å². The van der Waals surface area contributed by atoms with Gasteiger partial charge in [-0.15, -0.1) is 0 Å². The van der Waals surface area contributed by atoms with Crippen molar-refractivity contribution in [1.29, 1.82) is 5.26 Å². The second-order valence-electron chi connectivity index (χ2n) is 3.96. The van der Waals surface area contributed by atoms with Crippen molar-refractivity contribution in [3.63, 3.8) is 0 Å². The Hall–Kier alpha value is -0.800. The first-order chi connectivity index (χ1) is 7.95. The van der Waals surface area contributed by atoms with E-state index in [0.29, 0.717) is 10.7 Å². The molecule has 0 saturated heterocycles. The molecule has 0 fully saturated rings. The molecule has 1 rings (SSSR count). The van der Waals surface area contributed by atoms with E-state index in [0.717, 1.165) is 3.57 Å². The average Bonchev–Trinajstić information content (AvgIpc) is 2.22. The van der Waals surface area contributed by atoms with E-state index in [1.54, 1.807) is 18.2 Å². The minimum Gasteiger partial charge on any atom is -0.324 e. The second-order valence-corrected chi connectivity index (χ2v) is 5.56. The summed E-state index contributed by atoms with van der Waals surface area (Å²) in [7, 11) is 0. The van der Waals surface area contributed by atoms with Crippen LogP contribution in [0, 0.1) is 26.7 Å². The monoisotopic (exact) mass is 362 g/mol. The lowest BCUT2D eigenvalue weighted by molar-refractivity contribution is -0.119. The van der Waals surface area contributed by atoms with Crippen molar-refractivity contribution in [1.82, 2.24) is 0 Å². The molecule has 90 valence electrons. The number of anilines is 1. The van der Waals surface area contributed by atoms with Crippen LogP contribution < -0.4 is 5.32 Å². The van der Waals surface area contributed by atoms with Gasteiger partial charge >= 0.3 is 0 Å². The third-order valence-electron chi connectivity index (χ3n) is 2.28. The molecule has 1 N–H and O–H groups in total. The standard InChI is InChI=1S/C12H12ClIN2O/c1-7(2)9(6-15)12(17)16-11-4-3-8(13)5-10(11)14/h3-5,7,9H,1-2H3,(H,16,17). The number of amides is 1. The van der Waals surface area contributed by atoms with Crippen molar-refractivity contribution in [2.24, 2.45) is 11.8 Å². The van der Waals surface area contributed by atoms with Crippen molar-refractivity contribution in [3.8, 4) is 6.07 Å². The van der Waals surface area contributed by atoms with Crippen molar-refractivity contribution < 1.29 is 4.79 Å². The van der Waals surface area contributed by atoms with Crippen LogP contribution in [0.15, 0.2) is 18.2 Å². The molecule has 0 bridgehead atoms. The number of carbonyl (C=O) groups is 1. The van der Waals surface area contributed by atoms with Crippen LogP contribution in [0.5, 0.6) is 0 Å². The minimum absolute atomic E-state index is 0.00929. The number of nitriles is 1. The lowest BCUT2D eigenvalue weighted by Crippen LogP contribution is -2.25. The second kappa shape index (κ2) is 6.22. The molecule has 1 aromatic rings. The summed E-state index contributed by atoms with van der Waals surface area (Å²) in [6.45, 7) is 3.70. The molecule has 0 aliphatic rings. The van der Waals surface area contributed by atoms with Crippen LogP contribution in [0.4, 0.5) is 5.69 Å². The molecular formula is C12H12ClIN2O. The zero-order chi connectivity index (χ0) is 13.0. The first kappa shape index (κ1) is 14.3. The molecule has 0 spiro atoms. The lowest BCUT2D eigenvalue weighted by atomic mass is 9.96. The molecular weight excluding hydrogens is 351 g/mol. The predicted molar refractivity (Wildman–Crippen MR) is 76.7 cm³/mol. The van der Waals surface area contributed by atoms with Crippen molar-refractivity contribution in [2.45, 2.75) is 13.8 Å². The molecule has 0 aliphatic carbocycles. The molecule has 1 amide bonds. The number of rotatable bonds is 3. The highest BCUT2D eigenvalue weighted by Gasteiger charge is 2.22. The fraction of sp³-hybridized carbons (Fsp3) is 0.333. The van der Waals surface area contributed by atoms with Crippen molar-refractivity contribution >= 4 is 45.8 Å². The number of hydrogen-bond donors (Lipinski definition) is 1. The smallest absolute Gasteiger partial charge is 0.242 e. The Kier molecular flexibility index (Phi) is 5.22. The highest BCUT2D eigenvalue weighted by molar-refractivity contribution is 14.1. The maximum Gasteiger partial charge on any atom is 0.242 e. The average molecular weight is 363 g/mol. The van der Waals surface area contributed by atoms with Gasteiger partial charge in [0.25, 0.3) is 0 Å². The summed E-state index contributed by atoms with van der Waals surface area (Å²) < 4.78 is 0.851. The Bertz CT molecular complexity index is 468. The van der Waals surface area contributed by atoms with Gasteiger partial charge in [-0.05, 0) is 46.7 Å². The third kappa shape index (κ3) is 3.86. The van der Waals surface area contributed by atoms with Gasteiger partial charge in [-0.2, -0.15) is 5.26 Å². The molecule has 0 heterocycles. The number of halogens is 2. The number of benzene rings is 1. The van der Waals surface area contributed by atoms with E-state index in [9.17, 15) is 4.79 Å². The largest absolute Gasteiger partial charge is 0.324 e. The van der Waals surface area contributed by atoms with Crippen LogP contribution in [-0.2, 0) is 4.79 Å². The van der Waals surface area contributed by atoms with Crippen LogP contribution in [0.3, 0.4) is 0 Å². The van der Waals surface area contributed by atoms with Gasteiger partial charge in [0.05, 0.1) is 11.8 Å². The van der Waals surface area contributed by atoms with Crippen LogP contribution >= 0.6 is 34.2 Å². The van der Waals surface area contributed by atoms with E-state index in [4.69, 9.17) is 16.9 Å². The molecule has 3 nitrogen and oxygen atoms in total. The van der Waals surface area contributed by atoms with Gasteiger partial charge in [0, 0.05) is 8.59 Å². The zero-order valence-electron chi connectivity index (χ0n) is 9.50. The van der Waals surface area contributed by atoms with E-state index in [1.165, 1.54) is 0 Å². The van der Waals surface area contributed by atoms with Gasteiger partial charge in [-0.3, -0.25) is 4.79 Å². The Morgan fingerprint density at radius 1 is 1.53 bits per heavy atom. The number of nitrogens with zero attached hydrogens (tertiary/aromatic N) is 1. The molecule has 0 aromatic heterocycles. The third-order valence-corrected chi connectivity index (χ3v) is 3.40. The van der Waals surface area contributed by atoms with Crippen molar-refractivity contribution in [2.75, 3.05) is 5.32 Å². The van der Waals surface area contributed by atoms with Crippen LogP contribution in [0.1, 0.15) is 13.8 Å². The highest BCUT2D eigenvalue weighted by atomic mass is 127. The number of carbonyl (C=O) groups excluding carboxylic acids is 1. The summed E-state index contributed by atoms with van der Waals surface area (Å²) in [6, 6.07) is 7.21. The first-order valence-electron chi connectivity index (χ1n) is 5.11. The summed E-state index contributed by atoms with van der Waals surface area (Å²) in [5.41, 5.74) is 0.681. The molecule has 5 heteroatoms. The van der Waals surface area contributed by atoms with Crippen LogP contribution in [-0.4, -0.2) is 5.91 Å². The topological polar surface area (TPSA) is 52.9 Å². The first-order valence-corrected chi connectivity index (χ1v) is 6.57. The minimum atomic E-state index is -0.638. The quantitative estimate of drug-likeness (QED) is 0.834. The Balaban J connectivity index is 2.85. The fourth-order valence-electron chi connectivity index (χ4n) is 1.31. The SMILES string of the molecule is CC(C)C(C#N)C(=O)Nc1ccc(Cl)cc1I. The summed E-state index contributed by atoms with van der Waals surface area (Å²) in [4.78, 5) is 11.9. The summed E-state index contributed by atoms with van der Waals surface area (Å²) in [5, 5.41) is 12.3. The maximum absolute atomic E-state index is 11.9.